The number of amides is 2. The molecule has 0 saturated heterocycles. The minimum atomic E-state index is -1.15. The molecule has 0 bridgehead atoms. The van der Waals surface area contributed by atoms with Gasteiger partial charge in [-0.25, -0.2) is 9.59 Å². The number of benzene rings is 3. The van der Waals surface area contributed by atoms with Gasteiger partial charge in [0, 0.05) is 30.0 Å². The number of nitrogens with zero attached hydrogens (tertiary/aromatic N) is 3. The summed E-state index contributed by atoms with van der Waals surface area (Å²) in [7, 11) is 1.73. The van der Waals surface area contributed by atoms with Crippen LogP contribution in [0.1, 0.15) is 37.5 Å². The van der Waals surface area contributed by atoms with Crippen LogP contribution in [0.5, 0.6) is 0 Å². The maximum atomic E-state index is 13.6. The number of carbonyl (C=O) groups is 2. The van der Waals surface area contributed by atoms with Crippen LogP contribution in [0.4, 0.5) is 16.5 Å². The highest BCUT2D eigenvalue weighted by molar-refractivity contribution is 9.10. The molecule has 0 saturated carbocycles. The van der Waals surface area contributed by atoms with E-state index in [1.807, 2.05) is 60.7 Å². The van der Waals surface area contributed by atoms with Crippen molar-refractivity contribution in [2.75, 3.05) is 17.3 Å². The number of carboxylic acid groups (broad SMARTS) is 1. The van der Waals surface area contributed by atoms with Crippen molar-refractivity contribution in [1.29, 1.82) is 0 Å². The predicted octanol–water partition coefficient (Wildman–Crippen LogP) is 6.22. The number of hydrogen-bond acceptors (Lipinski definition) is 6. The summed E-state index contributed by atoms with van der Waals surface area (Å²) in [6.45, 7) is 7.38. The number of rotatable bonds is 8. The highest BCUT2D eigenvalue weighted by Gasteiger charge is 2.31. The fourth-order valence-electron chi connectivity index (χ4n) is 4.79. The van der Waals surface area contributed by atoms with E-state index < -0.39 is 23.3 Å². The molecule has 1 unspecified atom stereocenters. The Morgan fingerprint density at radius 2 is 1.63 bits per heavy atom. The second-order valence-electron chi connectivity index (χ2n) is 10.9. The second kappa shape index (κ2) is 12.1. The van der Waals surface area contributed by atoms with Crippen molar-refractivity contribution < 1.29 is 19.1 Å². The number of halogens is 1. The molecule has 1 heterocycles. The van der Waals surface area contributed by atoms with E-state index in [2.05, 4.69) is 26.2 Å². The van der Waals surface area contributed by atoms with Gasteiger partial charge in [-0.3, -0.25) is 9.69 Å². The molecular formula is C31H33BrN4O5. The molecule has 1 atom stereocenters. The van der Waals surface area contributed by atoms with Gasteiger partial charge in [-0.05, 0) is 66.4 Å². The number of likely N-dealkylation sites (N-methyl/N-ethyl adjacent to an activating group) is 1. The first kappa shape index (κ1) is 29.8. The van der Waals surface area contributed by atoms with Crippen molar-refractivity contribution in [3.8, 4) is 0 Å². The van der Waals surface area contributed by atoms with Crippen LogP contribution in [-0.4, -0.2) is 45.6 Å². The van der Waals surface area contributed by atoms with Gasteiger partial charge >= 0.3 is 11.7 Å². The minimum Gasteiger partial charge on any atom is -0.465 e. The van der Waals surface area contributed by atoms with Gasteiger partial charge in [-0.1, -0.05) is 60.7 Å². The van der Waals surface area contributed by atoms with Crippen molar-refractivity contribution in [1.82, 2.24) is 9.88 Å². The molecular weight excluding hydrogens is 588 g/mol. The second-order valence-corrected chi connectivity index (χ2v) is 11.7. The molecule has 2 amide bonds. The van der Waals surface area contributed by atoms with Gasteiger partial charge in [0.1, 0.15) is 6.04 Å². The Kier molecular flexibility index (Phi) is 8.82. The molecule has 41 heavy (non-hydrogen) atoms. The number of hydrogen-bond donors (Lipinski definition) is 2. The molecule has 214 valence electrons. The average Bonchev–Trinajstić information content (AvgIpc) is 2.90. The number of aryl methyl sites for hydroxylation is 1. The highest BCUT2D eigenvalue weighted by Crippen LogP contribution is 2.35. The third-order valence-electron chi connectivity index (χ3n) is 6.71. The van der Waals surface area contributed by atoms with E-state index in [1.54, 1.807) is 45.7 Å². The van der Waals surface area contributed by atoms with Gasteiger partial charge in [0.25, 0.3) is 6.01 Å². The Morgan fingerprint density at radius 1 is 1.05 bits per heavy atom. The third-order valence-corrected chi connectivity index (χ3v) is 7.32. The Bertz CT molecular complexity index is 1620. The Hall–Kier alpha value is -4.18. The molecule has 2 N–H and O–H groups in total. The van der Waals surface area contributed by atoms with Crippen molar-refractivity contribution in [2.45, 2.75) is 52.2 Å². The molecule has 0 spiro atoms. The Labute approximate surface area is 246 Å². The quantitative estimate of drug-likeness (QED) is 0.240. The summed E-state index contributed by atoms with van der Waals surface area (Å²) in [4.78, 5) is 46.5. The summed E-state index contributed by atoms with van der Waals surface area (Å²) >= 11 is 3.48. The number of carbonyl (C=O) groups excluding carboxylic acids is 1. The molecule has 0 radical (unpaired) electrons. The zero-order valence-corrected chi connectivity index (χ0v) is 25.2. The first-order chi connectivity index (χ1) is 19.4. The molecule has 0 aliphatic heterocycles. The van der Waals surface area contributed by atoms with E-state index in [-0.39, 0.29) is 17.3 Å². The van der Waals surface area contributed by atoms with E-state index >= 15 is 0 Å². The summed E-state index contributed by atoms with van der Waals surface area (Å²) in [5.41, 5.74) is 1.51. The summed E-state index contributed by atoms with van der Waals surface area (Å²) < 4.78 is 6.01. The lowest BCUT2D eigenvalue weighted by atomic mass is 10.0. The Morgan fingerprint density at radius 3 is 2.20 bits per heavy atom. The van der Waals surface area contributed by atoms with Crippen molar-refractivity contribution >= 4 is 50.5 Å². The number of anilines is 2. The molecule has 0 aliphatic carbocycles. The smallest absolute Gasteiger partial charge is 0.412 e. The van der Waals surface area contributed by atoms with Crippen LogP contribution < -0.4 is 15.8 Å². The van der Waals surface area contributed by atoms with Gasteiger partial charge in [0.15, 0.2) is 0 Å². The van der Waals surface area contributed by atoms with Crippen LogP contribution in [-0.2, 0) is 17.8 Å². The fraction of sp³-hybridized carbons (Fsp3) is 0.290. The van der Waals surface area contributed by atoms with E-state index in [1.165, 1.54) is 4.90 Å². The number of fused-ring (bicyclic) bond motifs is 1. The molecule has 4 rings (SSSR count). The standard InChI is InChI=1S/C31H33BrN4O5/c1-19-24(36(30(39)40)31(2,3)4)17-22(32)26-25(19)28(38)41-29(34-26)33-23(16-20-12-8-6-9-13-20)27(37)35(5)18-21-14-10-7-11-15-21/h6-15,17,23H,16,18H2,1-5H3,(H,33,34)(H,39,40). The van der Waals surface area contributed by atoms with Crippen molar-refractivity contribution in [2.24, 2.45) is 0 Å². The Balaban J connectivity index is 1.73. The van der Waals surface area contributed by atoms with Gasteiger partial charge in [0.2, 0.25) is 5.91 Å². The molecule has 4 aromatic rings. The van der Waals surface area contributed by atoms with E-state index in [0.717, 1.165) is 11.1 Å². The van der Waals surface area contributed by atoms with Gasteiger partial charge in [-0.15, -0.1) is 0 Å². The zero-order chi connectivity index (χ0) is 29.9. The van der Waals surface area contributed by atoms with Gasteiger partial charge in [-0.2, -0.15) is 4.98 Å². The largest absolute Gasteiger partial charge is 0.465 e. The molecule has 10 heteroatoms. The van der Waals surface area contributed by atoms with Gasteiger partial charge < -0.3 is 19.7 Å². The minimum absolute atomic E-state index is 0.108. The lowest BCUT2D eigenvalue weighted by molar-refractivity contribution is -0.131. The first-order valence-electron chi connectivity index (χ1n) is 13.1. The fourth-order valence-corrected chi connectivity index (χ4v) is 5.29. The summed E-state index contributed by atoms with van der Waals surface area (Å²) in [5, 5.41) is 13.1. The highest BCUT2D eigenvalue weighted by atomic mass is 79.9. The predicted molar refractivity (Wildman–Crippen MR) is 163 cm³/mol. The summed E-state index contributed by atoms with van der Waals surface area (Å²) in [5.74, 6) is -0.199. The normalized spacial score (nSPS) is 12.1. The van der Waals surface area contributed by atoms with E-state index in [4.69, 9.17) is 4.42 Å². The maximum Gasteiger partial charge on any atom is 0.412 e. The van der Waals surface area contributed by atoms with Crippen molar-refractivity contribution in [3.63, 3.8) is 0 Å². The monoisotopic (exact) mass is 620 g/mol. The van der Waals surface area contributed by atoms with Crippen LogP contribution in [0.3, 0.4) is 0 Å². The van der Waals surface area contributed by atoms with Crippen LogP contribution >= 0.6 is 15.9 Å². The number of nitrogens with one attached hydrogen (secondary N) is 1. The van der Waals surface area contributed by atoms with Crippen LogP contribution in [0.25, 0.3) is 10.9 Å². The lowest BCUT2D eigenvalue weighted by Gasteiger charge is -2.34. The molecule has 0 fully saturated rings. The molecule has 1 aromatic heterocycles. The van der Waals surface area contributed by atoms with Crippen molar-refractivity contribution in [3.05, 3.63) is 98.3 Å². The summed E-state index contributed by atoms with van der Waals surface area (Å²) in [6.07, 6.45) is -0.815. The van der Waals surface area contributed by atoms with Gasteiger partial charge in [0.05, 0.1) is 16.6 Å². The zero-order valence-electron chi connectivity index (χ0n) is 23.6. The van der Waals surface area contributed by atoms with Crippen LogP contribution in [0, 0.1) is 6.92 Å². The number of aromatic nitrogens is 1. The molecule has 0 aliphatic rings. The van der Waals surface area contributed by atoms with Crippen LogP contribution in [0.2, 0.25) is 0 Å². The average molecular weight is 622 g/mol. The van der Waals surface area contributed by atoms with E-state index in [9.17, 15) is 19.5 Å². The van der Waals surface area contributed by atoms with Crippen LogP contribution in [0.15, 0.2) is 80.4 Å². The topological polar surface area (TPSA) is 116 Å². The first-order valence-corrected chi connectivity index (χ1v) is 13.9. The SMILES string of the molecule is Cc1c(N(C(=O)O)C(C)(C)C)cc(Br)c2nc(NC(Cc3ccccc3)C(=O)N(C)Cc3ccccc3)oc(=O)c12. The maximum absolute atomic E-state index is 13.6. The molecule has 3 aromatic carbocycles. The van der Waals surface area contributed by atoms with E-state index in [0.29, 0.717) is 34.2 Å². The third kappa shape index (κ3) is 6.77. The summed E-state index contributed by atoms with van der Waals surface area (Å²) in [6, 6.07) is 20.0. The molecule has 9 nitrogen and oxygen atoms in total. The lowest BCUT2D eigenvalue weighted by Crippen LogP contribution is -2.45.